The zero-order valence-corrected chi connectivity index (χ0v) is 13.7. The summed E-state index contributed by atoms with van der Waals surface area (Å²) in [6.45, 7) is 6.10. The summed E-state index contributed by atoms with van der Waals surface area (Å²) in [6, 6.07) is 5.28. The Morgan fingerprint density at radius 3 is 2.86 bits per heavy atom. The van der Waals surface area contributed by atoms with Crippen molar-refractivity contribution in [3.63, 3.8) is 0 Å². The second kappa shape index (κ2) is 7.23. The fourth-order valence-electron chi connectivity index (χ4n) is 2.46. The molecule has 5 heteroatoms. The normalized spacial score (nSPS) is 13.2. The van der Waals surface area contributed by atoms with E-state index in [4.69, 9.17) is 11.6 Å². The Bertz CT molecular complexity index is 596. The van der Waals surface area contributed by atoms with Crippen LogP contribution in [0.5, 0.6) is 0 Å². The third-order valence-corrected chi connectivity index (χ3v) is 4.32. The molecule has 1 heterocycles. The van der Waals surface area contributed by atoms with Crippen LogP contribution in [0.1, 0.15) is 26.1 Å². The Kier molecular flexibility index (Phi) is 5.59. The highest BCUT2D eigenvalue weighted by molar-refractivity contribution is 6.17. The van der Waals surface area contributed by atoms with Crippen LogP contribution >= 0.6 is 11.6 Å². The number of halogens is 2. The van der Waals surface area contributed by atoms with Gasteiger partial charge in [0.25, 0.3) is 0 Å². The summed E-state index contributed by atoms with van der Waals surface area (Å²) >= 11 is 5.86. The first-order valence-electron chi connectivity index (χ1n) is 7.47. The van der Waals surface area contributed by atoms with E-state index in [0.717, 1.165) is 36.4 Å². The van der Waals surface area contributed by atoms with E-state index in [1.807, 2.05) is 0 Å². The van der Waals surface area contributed by atoms with Crippen LogP contribution in [0.25, 0.3) is 11.0 Å². The summed E-state index contributed by atoms with van der Waals surface area (Å²) in [7, 11) is 2.12. The highest BCUT2D eigenvalue weighted by Crippen LogP contribution is 2.18. The Morgan fingerprint density at radius 2 is 2.19 bits per heavy atom. The quantitative estimate of drug-likeness (QED) is 0.727. The van der Waals surface area contributed by atoms with Crippen LogP contribution in [0.4, 0.5) is 4.39 Å². The summed E-state index contributed by atoms with van der Waals surface area (Å²) in [4.78, 5) is 6.89. The van der Waals surface area contributed by atoms with E-state index in [1.54, 1.807) is 12.1 Å². The smallest absolute Gasteiger partial charge is 0.125 e. The third kappa shape index (κ3) is 3.74. The van der Waals surface area contributed by atoms with Gasteiger partial charge in [-0.05, 0) is 38.6 Å². The van der Waals surface area contributed by atoms with Gasteiger partial charge in [-0.15, -0.1) is 11.6 Å². The standard InChI is InChI=1S/C16H23ClFN3/c1-4-12(2)20(3)9-10-21-15-11-13(18)5-6-14(15)19-16(21)7-8-17/h5-6,11-12H,4,7-10H2,1-3H3. The van der Waals surface area contributed by atoms with Gasteiger partial charge in [0.05, 0.1) is 11.0 Å². The summed E-state index contributed by atoms with van der Waals surface area (Å²) in [5.74, 6) is 1.23. The second-order valence-electron chi connectivity index (χ2n) is 5.49. The molecule has 0 amide bonds. The van der Waals surface area contributed by atoms with Crippen molar-refractivity contribution >= 4 is 22.6 Å². The average molecular weight is 312 g/mol. The summed E-state index contributed by atoms with van der Waals surface area (Å²) in [6.07, 6.45) is 1.81. The number of nitrogens with zero attached hydrogens (tertiary/aromatic N) is 3. The van der Waals surface area contributed by atoms with Crippen molar-refractivity contribution in [1.82, 2.24) is 14.5 Å². The maximum Gasteiger partial charge on any atom is 0.125 e. The molecule has 2 aromatic rings. The van der Waals surface area contributed by atoms with Crippen LogP contribution in [0, 0.1) is 5.82 Å². The van der Waals surface area contributed by atoms with Crippen LogP contribution in [-0.4, -0.2) is 40.0 Å². The number of alkyl halides is 1. The molecular weight excluding hydrogens is 289 g/mol. The summed E-state index contributed by atoms with van der Waals surface area (Å²) in [5.41, 5.74) is 1.69. The van der Waals surface area contributed by atoms with Crippen LogP contribution < -0.4 is 0 Å². The maximum absolute atomic E-state index is 13.5. The zero-order valence-electron chi connectivity index (χ0n) is 12.9. The van der Waals surface area contributed by atoms with Crippen molar-refractivity contribution in [3.05, 3.63) is 29.8 Å². The number of hydrogen-bond acceptors (Lipinski definition) is 2. The molecule has 116 valence electrons. The molecule has 0 spiro atoms. The van der Waals surface area contributed by atoms with E-state index >= 15 is 0 Å². The van der Waals surface area contributed by atoms with Gasteiger partial charge in [0.1, 0.15) is 11.6 Å². The average Bonchev–Trinajstić information content (AvgIpc) is 2.81. The first-order valence-corrected chi connectivity index (χ1v) is 8.01. The highest BCUT2D eigenvalue weighted by Gasteiger charge is 2.13. The molecule has 3 nitrogen and oxygen atoms in total. The fraction of sp³-hybridized carbons (Fsp3) is 0.562. The minimum absolute atomic E-state index is 0.226. The topological polar surface area (TPSA) is 21.1 Å². The Balaban J connectivity index is 2.27. The molecule has 1 atom stereocenters. The zero-order chi connectivity index (χ0) is 15.4. The van der Waals surface area contributed by atoms with E-state index < -0.39 is 0 Å². The molecule has 1 unspecified atom stereocenters. The lowest BCUT2D eigenvalue weighted by atomic mass is 10.2. The fourth-order valence-corrected chi connectivity index (χ4v) is 2.63. The van der Waals surface area contributed by atoms with Crippen LogP contribution in [-0.2, 0) is 13.0 Å². The molecule has 0 N–H and O–H groups in total. The molecule has 1 aromatic heterocycles. The predicted octanol–water partition coefficient (Wildman–Crippen LogP) is 3.69. The molecule has 21 heavy (non-hydrogen) atoms. The number of likely N-dealkylation sites (N-methyl/N-ethyl adjacent to an activating group) is 1. The van der Waals surface area contributed by atoms with Crippen molar-refractivity contribution in [1.29, 1.82) is 0 Å². The lowest BCUT2D eigenvalue weighted by molar-refractivity contribution is 0.242. The second-order valence-corrected chi connectivity index (χ2v) is 5.87. The molecule has 0 radical (unpaired) electrons. The van der Waals surface area contributed by atoms with E-state index in [2.05, 4.69) is 35.3 Å². The Hall–Kier alpha value is -1.13. The number of aromatic nitrogens is 2. The summed E-state index contributed by atoms with van der Waals surface area (Å²) < 4.78 is 15.6. The molecule has 1 aromatic carbocycles. The molecular formula is C16H23ClFN3. The number of fused-ring (bicyclic) bond motifs is 1. The molecule has 0 aliphatic heterocycles. The number of hydrogen-bond donors (Lipinski definition) is 0. The van der Waals surface area contributed by atoms with Crippen molar-refractivity contribution in [2.75, 3.05) is 19.5 Å². The molecule has 0 bridgehead atoms. The van der Waals surface area contributed by atoms with Gasteiger partial charge in [0.2, 0.25) is 0 Å². The Morgan fingerprint density at radius 1 is 1.43 bits per heavy atom. The van der Waals surface area contributed by atoms with Gasteiger partial charge in [-0.3, -0.25) is 0 Å². The highest BCUT2D eigenvalue weighted by atomic mass is 35.5. The number of benzene rings is 1. The van der Waals surface area contributed by atoms with Crippen molar-refractivity contribution in [2.45, 2.75) is 39.3 Å². The monoisotopic (exact) mass is 311 g/mol. The maximum atomic E-state index is 13.5. The van der Waals surface area contributed by atoms with Gasteiger partial charge in [-0.2, -0.15) is 0 Å². The van der Waals surface area contributed by atoms with Gasteiger partial charge < -0.3 is 9.47 Å². The van der Waals surface area contributed by atoms with E-state index in [1.165, 1.54) is 6.07 Å². The van der Waals surface area contributed by atoms with Gasteiger partial charge in [0, 0.05) is 31.4 Å². The van der Waals surface area contributed by atoms with E-state index in [0.29, 0.717) is 18.3 Å². The molecule has 0 saturated carbocycles. The van der Waals surface area contributed by atoms with Crippen LogP contribution in [0.2, 0.25) is 0 Å². The van der Waals surface area contributed by atoms with Crippen molar-refractivity contribution < 1.29 is 4.39 Å². The predicted molar refractivity (Wildman–Crippen MR) is 86.5 cm³/mol. The summed E-state index contributed by atoms with van der Waals surface area (Å²) in [5, 5.41) is 0. The minimum atomic E-state index is -0.226. The lowest BCUT2D eigenvalue weighted by Crippen LogP contribution is -2.31. The number of imidazole rings is 1. The molecule has 0 saturated heterocycles. The molecule has 0 fully saturated rings. The minimum Gasteiger partial charge on any atom is -0.327 e. The molecule has 2 rings (SSSR count). The largest absolute Gasteiger partial charge is 0.327 e. The first kappa shape index (κ1) is 16.2. The number of aryl methyl sites for hydroxylation is 1. The molecule has 0 aliphatic carbocycles. The van der Waals surface area contributed by atoms with E-state index in [9.17, 15) is 4.39 Å². The van der Waals surface area contributed by atoms with Crippen LogP contribution in [0.3, 0.4) is 0 Å². The first-order chi connectivity index (χ1) is 10.1. The van der Waals surface area contributed by atoms with Gasteiger partial charge >= 0.3 is 0 Å². The lowest BCUT2D eigenvalue weighted by Gasteiger charge is -2.24. The number of rotatable bonds is 7. The van der Waals surface area contributed by atoms with Gasteiger partial charge in [0.15, 0.2) is 0 Å². The molecule has 0 aliphatic rings. The third-order valence-electron chi connectivity index (χ3n) is 4.13. The van der Waals surface area contributed by atoms with Crippen molar-refractivity contribution in [2.24, 2.45) is 0 Å². The van der Waals surface area contributed by atoms with E-state index in [-0.39, 0.29) is 5.82 Å². The van der Waals surface area contributed by atoms with Gasteiger partial charge in [-0.25, -0.2) is 9.37 Å². The van der Waals surface area contributed by atoms with Crippen molar-refractivity contribution in [3.8, 4) is 0 Å². The Labute approximate surface area is 130 Å². The van der Waals surface area contributed by atoms with Gasteiger partial charge in [-0.1, -0.05) is 6.92 Å². The van der Waals surface area contributed by atoms with Crippen LogP contribution in [0.15, 0.2) is 18.2 Å². The SMILES string of the molecule is CCC(C)N(C)CCn1c(CCCl)nc2ccc(F)cc21.